The number of hydrogen-bond donors (Lipinski definition) is 2. The van der Waals surface area contributed by atoms with Crippen LogP contribution in [0, 0.1) is 17.9 Å². The zero-order valence-corrected chi connectivity index (χ0v) is 37.7. The van der Waals surface area contributed by atoms with Crippen LogP contribution in [0.5, 0.6) is 0 Å². The minimum Gasteiger partial charge on any atom is -0.376 e. The molecule has 66 heavy (non-hydrogen) atoms. The van der Waals surface area contributed by atoms with E-state index in [0.29, 0.717) is 10.4 Å². The second kappa shape index (κ2) is 20.2. The lowest BCUT2D eigenvalue weighted by atomic mass is 10.1. The molecule has 2 N–H and O–H groups in total. The number of nitrogens with one attached hydrogen (secondary N) is 2. The number of benzene rings is 1. The highest BCUT2D eigenvalue weighted by Gasteiger charge is 2.56. The summed E-state index contributed by atoms with van der Waals surface area (Å²) in [4.78, 5) is 55.5. The third-order valence-corrected chi connectivity index (χ3v) is 14.1. The van der Waals surface area contributed by atoms with Gasteiger partial charge in [0.05, 0.1) is 60.8 Å². The van der Waals surface area contributed by atoms with Crippen LogP contribution in [0.4, 0.5) is 16.2 Å². The van der Waals surface area contributed by atoms with E-state index >= 15 is 4.39 Å². The third kappa shape index (κ3) is 9.96. The van der Waals surface area contributed by atoms with Gasteiger partial charge in [-0.2, -0.15) is 5.26 Å². The number of carbonyl (C=O) groups excluding carboxylic acids is 1. The van der Waals surface area contributed by atoms with E-state index in [0.717, 1.165) is 17.7 Å². The predicted molar refractivity (Wildman–Crippen MR) is 229 cm³/mol. The lowest BCUT2D eigenvalue weighted by Crippen LogP contribution is -2.36. The average Bonchev–Trinajstić information content (AvgIpc) is 4.08. The van der Waals surface area contributed by atoms with Crippen LogP contribution >= 0.6 is 27.0 Å². The number of imidazole rings is 1. The van der Waals surface area contributed by atoms with Gasteiger partial charge in [-0.25, -0.2) is 45.0 Å². The van der Waals surface area contributed by atoms with Crippen molar-refractivity contribution in [2.24, 2.45) is 4.99 Å². The number of nitrogens with zero attached hydrogens (tertiary/aromatic N) is 9. The number of aliphatic imine (C=N–C) groups is 1. The zero-order chi connectivity index (χ0) is 46.6. The number of thiophene rings is 1. The minimum absolute atomic E-state index is 0.00257. The van der Waals surface area contributed by atoms with Gasteiger partial charge in [0.25, 0.3) is 11.5 Å². The van der Waals surface area contributed by atoms with Crippen LogP contribution in [0.15, 0.2) is 58.2 Å². The number of hydrogen-bond acceptors (Lipinski definition) is 20. The number of rotatable bonds is 13. The molecule has 348 valence electrons. The van der Waals surface area contributed by atoms with Gasteiger partial charge in [0.2, 0.25) is 12.5 Å². The van der Waals surface area contributed by atoms with E-state index in [4.69, 9.17) is 47.9 Å². The Kier molecular flexibility index (Phi) is 14.4. The molecule has 1 aromatic carbocycles. The van der Waals surface area contributed by atoms with Gasteiger partial charge in [-0.15, -0.1) is 11.3 Å². The number of aromatic amines is 1. The maximum atomic E-state index is 17.1. The normalized spacial score (nSPS) is 29.1. The molecule has 7 heterocycles. The molecular formula is C38H40FN11O13P2S. The van der Waals surface area contributed by atoms with Crippen molar-refractivity contribution in [1.82, 2.24) is 34.4 Å². The van der Waals surface area contributed by atoms with E-state index in [1.165, 1.54) is 29.7 Å². The summed E-state index contributed by atoms with van der Waals surface area (Å²) in [7, 11) is -5.02. The molecule has 5 aromatic rings. The smallest absolute Gasteiger partial charge is 0.376 e. The van der Waals surface area contributed by atoms with E-state index in [9.17, 15) is 24.0 Å². The standard InChI is InChI=1S/C38H40FN11O13P2S/c1-41-12-14-57-65(54)59-16-24-29(55-4)30(31(60-24)32-26-22(17-66-32)36(52)48-38(46-26)45-19-49(2)3)63-64(53,56-13-8-11-40)58-15-23-28(62-65)25(39)37(61-23)50-20-44-27-33(42-18-43-34(27)50)47-35(51)21-9-6-5-7-10-21/h5-7,9-10,17-20,23-25,28-31,37H,8,12-16H2,2-4H3,(H,46,48,52)(H,42,43,47,51)/t23-,24-,25-,28-,29-,30-,31-,37-,64?,65?/m1/s1. The third-order valence-electron chi connectivity index (χ3n) is 10.1. The van der Waals surface area contributed by atoms with Crippen LogP contribution in [0.2, 0.25) is 0 Å². The van der Waals surface area contributed by atoms with Crippen molar-refractivity contribution in [3.05, 3.63) is 80.6 Å². The maximum Gasteiger partial charge on any atom is 0.475 e. The molecular weight excluding hydrogens is 931 g/mol. The highest BCUT2D eigenvalue weighted by Crippen LogP contribution is 2.59. The summed E-state index contributed by atoms with van der Waals surface area (Å²) in [5, 5.41) is 13.7. The van der Waals surface area contributed by atoms with Gasteiger partial charge in [0.1, 0.15) is 49.6 Å². The van der Waals surface area contributed by atoms with E-state index in [1.807, 2.05) is 6.07 Å². The summed E-state index contributed by atoms with van der Waals surface area (Å²) in [6.07, 6.45) is -8.95. The van der Waals surface area contributed by atoms with Crippen LogP contribution in [-0.4, -0.2) is 138 Å². The lowest BCUT2D eigenvalue weighted by molar-refractivity contribution is -0.0582. The lowest BCUT2D eigenvalue weighted by Gasteiger charge is -2.28. The molecule has 3 aliphatic heterocycles. The molecule has 0 saturated carbocycles. The number of halogens is 1. The minimum atomic E-state index is -4.90. The van der Waals surface area contributed by atoms with Crippen molar-refractivity contribution in [3.8, 4) is 6.07 Å². The molecule has 0 spiro atoms. The van der Waals surface area contributed by atoms with Gasteiger partial charge in [-0.1, -0.05) is 18.2 Å². The first kappa shape index (κ1) is 47.1. The van der Waals surface area contributed by atoms with E-state index in [-0.39, 0.29) is 46.8 Å². The van der Waals surface area contributed by atoms with Gasteiger partial charge in [-0.05, 0) is 12.1 Å². The Balaban J connectivity index is 1.15. The number of fused-ring (bicyclic) bond motifs is 5. The molecule has 8 rings (SSSR count). The van der Waals surface area contributed by atoms with Crippen molar-refractivity contribution in [2.45, 2.75) is 55.4 Å². The van der Waals surface area contributed by atoms with E-state index < -0.39 is 103 Å². The molecule has 3 aliphatic rings. The fourth-order valence-electron chi connectivity index (χ4n) is 7.15. The number of carbonyl (C=O) groups is 1. The molecule has 2 unspecified atom stereocenters. The summed E-state index contributed by atoms with van der Waals surface area (Å²) < 4.78 is 101. The van der Waals surface area contributed by atoms with Crippen molar-refractivity contribution >= 4 is 73.1 Å². The largest absolute Gasteiger partial charge is 0.475 e. The van der Waals surface area contributed by atoms with Gasteiger partial charge in [0, 0.05) is 32.1 Å². The Morgan fingerprint density at radius 2 is 1.85 bits per heavy atom. The first-order valence-electron chi connectivity index (χ1n) is 19.9. The summed E-state index contributed by atoms with van der Waals surface area (Å²) in [5.41, 5.74) is 0.0506. The number of anilines is 1. The van der Waals surface area contributed by atoms with Gasteiger partial charge >= 0.3 is 15.6 Å². The quantitative estimate of drug-likeness (QED) is 0.0522. The topological polar surface area (TPSA) is 279 Å². The van der Waals surface area contributed by atoms with Gasteiger partial charge < -0.3 is 29.3 Å². The number of phosphoric ester groups is 2. The first-order valence-corrected chi connectivity index (χ1v) is 23.7. The summed E-state index contributed by atoms with van der Waals surface area (Å²) in [6, 6.07) is 10.2. The van der Waals surface area contributed by atoms with Crippen molar-refractivity contribution in [2.75, 3.05) is 59.5 Å². The first-order chi connectivity index (χ1) is 31.8. The molecule has 10 atom stereocenters. The Morgan fingerprint density at radius 3 is 2.58 bits per heavy atom. The monoisotopic (exact) mass is 971 g/mol. The Morgan fingerprint density at radius 1 is 1.11 bits per heavy atom. The summed E-state index contributed by atoms with van der Waals surface area (Å²) >= 11 is 1.06. The number of alkyl halides is 1. The Labute approximate surface area is 378 Å². The number of H-pyrrole nitrogens is 1. The summed E-state index contributed by atoms with van der Waals surface area (Å²) in [6.45, 7) is 4.59. The van der Waals surface area contributed by atoms with Gasteiger partial charge in [-0.3, -0.25) is 46.3 Å². The molecule has 1 amide bonds. The number of phosphoric acid groups is 2. The molecule has 28 heteroatoms. The Hall–Kier alpha value is -5.44. The van der Waals surface area contributed by atoms with Crippen LogP contribution in [0.1, 0.15) is 34.0 Å². The maximum absolute atomic E-state index is 17.1. The zero-order valence-electron chi connectivity index (χ0n) is 35.1. The number of nitriles is 1. The molecule has 24 nitrogen and oxygen atoms in total. The fourth-order valence-corrected chi connectivity index (χ4v) is 11.0. The second-order valence-corrected chi connectivity index (χ2v) is 18.9. The van der Waals surface area contributed by atoms with Crippen molar-refractivity contribution in [3.63, 3.8) is 0 Å². The molecule has 4 aromatic heterocycles. The SMILES string of the molecule is [C-]#[N+]CCOP1(=O)OC[C@H]2O[C@@H](c3scc4c(=O)[nH]c(N=CN(C)C)nc34)[C@H](OP(=O)(OCCC#N)OC[C@H]3O[C@@H](n4cnc5c(NC(=O)c6ccccc6)ncnc54)[C@H](F)[C@@H]3O1)[C@@H]2OC. The molecule has 2 bridgehead atoms. The van der Waals surface area contributed by atoms with E-state index in [2.05, 4.69) is 40.1 Å². The van der Waals surface area contributed by atoms with Gasteiger partial charge in [0.15, 0.2) is 29.4 Å². The number of aromatic nitrogens is 6. The van der Waals surface area contributed by atoms with Crippen LogP contribution in [-0.2, 0) is 50.5 Å². The summed E-state index contributed by atoms with van der Waals surface area (Å²) in [5.74, 6) is -0.533. The van der Waals surface area contributed by atoms with Crippen molar-refractivity contribution in [1.29, 1.82) is 5.26 Å². The average molecular weight is 972 g/mol. The number of amides is 1. The van der Waals surface area contributed by atoms with Crippen LogP contribution in [0.3, 0.4) is 0 Å². The number of methoxy groups -OCH3 is 1. The van der Waals surface area contributed by atoms with Crippen LogP contribution in [0.25, 0.3) is 26.9 Å². The predicted octanol–water partition coefficient (Wildman–Crippen LogP) is 4.89. The second-order valence-electron chi connectivity index (χ2n) is 14.7. The Bertz CT molecular complexity index is 2840. The highest BCUT2D eigenvalue weighted by atomic mass is 32.1. The fraction of sp³-hybridized carbons (Fsp3) is 0.447. The molecule has 3 fully saturated rings. The van der Waals surface area contributed by atoms with Crippen LogP contribution < -0.4 is 10.9 Å². The molecule has 0 aliphatic carbocycles. The van der Waals surface area contributed by atoms with E-state index in [1.54, 1.807) is 49.3 Å². The molecule has 3 saturated heterocycles. The molecule has 0 radical (unpaired) electrons. The number of ether oxygens (including phenoxy) is 3. The van der Waals surface area contributed by atoms with Crippen molar-refractivity contribution < 1.29 is 59.7 Å². The highest BCUT2D eigenvalue weighted by molar-refractivity contribution is 7.48.